The van der Waals surface area contributed by atoms with Gasteiger partial charge in [0, 0.05) is 16.7 Å². The first-order chi connectivity index (χ1) is 7.68. The largest absolute Gasteiger partial charge is 0.316 e. The summed E-state index contributed by atoms with van der Waals surface area (Å²) in [6.45, 7) is 9.04. The lowest BCUT2D eigenvalue weighted by Crippen LogP contribution is -2.24. The Morgan fingerprint density at radius 1 is 1.12 bits per heavy atom. The third-order valence-corrected chi connectivity index (χ3v) is 3.52. The molecule has 0 aliphatic heterocycles. The van der Waals surface area contributed by atoms with Crippen molar-refractivity contribution in [2.75, 3.05) is 13.1 Å². The highest BCUT2D eigenvalue weighted by atomic mass is 32.2. The molecule has 0 aromatic heterocycles. The third-order valence-electron chi connectivity index (χ3n) is 2.41. The van der Waals surface area contributed by atoms with Crippen LogP contribution >= 0.6 is 11.8 Å². The summed E-state index contributed by atoms with van der Waals surface area (Å²) < 4.78 is 0. The normalized spacial score (nSPS) is 13.0. The molecule has 1 nitrogen and oxygen atoms in total. The Hall–Kier alpha value is -0.470. The molecular weight excluding hydrogens is 214 g/mol. The molecule has 0 spiro atoms. The number of thioether (sulfide) groups is 1. The molecule has 1 N–H and O–H groups in total. The van der Waals surface area contributed by atoms with E-state index in [1.54, 1.807) is 0 Å². The minimum atomic E-state index is 0.634. The van der Waals surface area contributed by atoms with Gasteiger partial charge in [0.15, 0.2) is 0 Å². The second kappa shape index (κ2) is 7.75. The van der Waals surface area contributed by atoms with Crippen LogP contribution in [-0.4, -0.2) is 18.3 Å². The number of benzene rings is 1. The average molecular weight is 237 g/mol. The van der Waals surface area contributed by atoms with Gasteiger partial charge in [0.2, 0.25) is 0 Å². The van der Waals surface area contributed by atoms with Gasteiger partial charge in [-0.2, -0.15) is 0 Å². The molecule has 16 heavy (non-hydrogen) atoms. The van der Waals surface area contributed by atoms with E-state index in [-0.39, 0.29) is 0 Å². The van der Waals surface area contributed by atoms with Crippen LogP contribution < -0.4 is 5.32 Å². The lowest BCUT2D eigenvalue weighted by molar-refractivity contribution is 0.539. The zero-order valence-corrected chi connectivity index (χ0v) is 11.4. The fraction of sp³-hybridized carbons (Fsp3) is 0.571. The van der Waals surface area contributed by atoms with E-state index in [1.165, 1.54) is 11.3 Å². The Morgan fingerprint density at radius 2 is 1.81 bits per heavy atom. The highest BCUT2D eigenvalue weighted by Crippen LogP contribution is 2.21. The zero-order chi connectivity index (χ0) is 11.8. The molecule has 1 aromatic carbocycles. The van der Waals surface area contributed by atoms with Gasteiger partial charge in [0.25, 0.3) is 0 Å². The van der Waals surface area contributed by atoms with Crippen molar-refractivity contribution in [2.45, 2.75) is 37.3 Å². The molecule has 2 heteroatoms. The number of hydrogen-bond donors (Lipinski definition) is 1. The maximum absolute atomic E-state index is 3.52. The van der Waals surface area contributed by atoms with Crippen LogP contribution in [0.4, 0.5) is 0 Å². The second-order valence-electron chi connectivity index (χ2n) is 4.63. The number of nitrogens with one attached hydrogen (secondary N) is 1. The van der Waals surface area contributed by atoms with Gasteiger partial charge in [0.05, 0.1) is 0 Å². The summed E-state index contributed by atoms with van der Waals surface area (Å²) in [4.78, 5) is 1.36. The van der Waals surface area contributed by atoms with Crippen molar-refractivity contribution in [1.29, 1.82) is 0 Å². The van der Waals surface area contributed by atoms with Crippen LogP contribution in [-0.2, 0) is 0 Å². The van der Waals surface area contributed by atoms with Gasteiger partial charge in [-0.3, -0.25) is 0 Å². The van der Waals surface area contributed by atoms with E-state index < -0.39 is 0 Å². The third kappa shape index (κ3) is 6.19. The van der Waals surface area contributed by atoms with E-state index in [4.69, 9.17) is 0 Å². The summed E-state index contributed by atoms with van der Waals surface area (Å²) in [7, 11) is 0. The topological polar surface area (TPSA) is 12.0 Å². The highest BCUT2D eigenvalue weighted by molar-refractivity contribution is 8.00. The Labute approximate surface area is 104 Å². The fourth-order valence-electron chi connectivity index (χ4n) is 1.47. The monoisotopic (exact) mass is 237 g/mol. The van der Waals surface area contributed by atoms with Gasteiger partial charge in [-0.05, 0) is 31.0 Å². The summed E-state index contributed by atoms with van der Waals surface area (Å²) in [6, 6.07) is 10.6. The molecule has 1 rings (SSSR count). The van der Waals surface area contributed by atoms with Crippen molar-refractivity contribution < 1.29 is 0 Å². The van der Waals surface area contributed by atoms with Crippen LogP contribution in [0.5, 0.6) is 0 Å². The minimum absolute atomic E-state index is 0.634. The maximum atomic E-state index is 3.52. The van der Waals surface area contributed by atoms with Crippen LogP contribution in [0.25, 0.3) is 0 Å². The lowest BCUT2D eigenvalue weighted by atomic mass is 10.1. The molecule has 1 atom stereocenters. The molecule has 0 heterocycles. The van der Waals surface area contributed by atoms with Gasteiger partial charge < -0.3 is 5.32 Å². The van der Waals surface area contributed by atoms with Gasteiger partial charge in [-0.25, -0.2) is 0 Å². The Morgan fingerprint density at radius 3 is 2.44 bits per heavy atom. The lowest BCUT2D eigenvalue weighted by Gasteiger charge is -2.13. The Balaban J connectivity index is 2.14. The van der Waals surface area contributed by atoms with Gasteiger partial charge in [-0.1, -0.05) is 39.0 Å². The predicted octanol–water partition coefficient (Wildman–Crippen LogP) is 3.80. The molecule has 1 aromatic rings. The Bertz CT molecular complexity index is 271. The van der Waals surface area contributed by atoms with Gasteiger partial charge >= 0.3 is 0 Å². The molecule has 1 unspecified atom stereocenters. The van der Waals surface area contributed by atoms with Crippen LogP contribution in [0.15, 0.2) is 35.2 Å². The van der Waals surface area contributed by atoms with Gasteiger partial charge in [-0.15, -0.1) is 11.8 Å². The predicted molar refractivity (Wildman–Crippen MR) is 74.1 cm³/mol. The van der Waals surface area contributed by atoms with Crippen LogP contribution in [0.2, 0.25) is 0 Å². The second-order valence-corrected chi connectivity index (χ2v) is 6.14. The van der Waals surface area contributed by atoms with Crippen molar-refractivity contribution in [3.05, 3.63) is 30.3 Å². The molecule has 0 saturated heterocycles. The maximum Gasteiger partial charge on any atom is 0.0191 e. The summed E-state index contributed by atoms with van der Waals surface area (Å²) >= 11 is 1.94. The van der Waals surface area contributed by atoms with E-state index in [2.05, 4.69) is 56.4 Å². The van der Waals surface area contributed by atoms with Crippen molar-refractivity contribution in [2.24, 2.45) is 5.92 Å². The summed E-state index contributed by atoms with van der Waals surface area (Å²) in [5.41, 5.74) is 0. The van der Waals surface area contributed by atoms with Crippen molar-refractivity contribution >= 4 is 11.8 Å². The first kappa shape index (κ1) is 13.6. The SMILES string of the molecule is CC(C)CCNCC(C)Sc1ccccc1. The van der Waals surface area contributed by atoms with Crippen molar-refractivity contribution in [3.63, 3.8) is 0 Å². The highest BCUT2D eigenvalue weighted by Gasteiger charge is 2.03. The summed E-state index contributed by atoms with van der Waals surface area (Å²) in [5.74, 6) is 0.796. The molecule has 0 saturated carbocycles. The van der Waals surface area contributed by atoms with Crippen LogP contribution in [0.1, 0.15) is 27.2 Å². The zero-order valence-electron chi connectivity index (χ0n) is 10.6. The first-order valence-electron chi connectivity index (χ1n) is 6.11. The molecule has 0 amide bonds. The quantitative estimate of drug-likeness (QED) is 0.572. The number of rotatable bonds is 7. The molecule has 0 aliphatic carbocycles. The molecule has 0 aliphatic rings. The standard InChI is InChI=1S/C14H23NS/c1-12(2)9-10-15-11-13(3)16-14-7-5-4-6-8-14/h4-8,12-13,15H,9-11H2,1-3H3. The van der Waals surface area contributed by atoms with E-state index in [0.717, 1.165) is 19.0 Å². The van der Waals surface area contributed by atoms with Crippen LogP contribution in [0, 0.1) is 5.92 Å². The molecule has 90 valence electrons. The molecule has 0 radical (unpaired) electrons. The summed E-state index contributed by atoms with van der Waals surface area (Å²) in [5, 5.41) is 4.15. The molecule has 0 fully saturated rings. The van der Waals surface area contributed by atoms with Crippen LogP contribution in [0.3, 0.4) is 0 Å². The van der Waals surface area contributed by atoms with E-state index in [9.17, 15) is 0 Å². The number of hydrogen-bond acceptors (Lipinski definition) is 2. The molecule has 0 bridgehead atoms. The summed E-state index contributed by atoms with van der Waals surface area (Å²) in [6.07, 6.45) is 1.27. The van der Waals surface area contributed by atoms with Crippen molar-refractivity contribution in [1.82, 2.24) is 5.32 Å². The van der Waals surface area contributed by atoms with Crippen molar-refractivity contribution in [3.8, 4) is 0 Å². The smallest absolute Gasteiger partial charge is 0.0191 e. The van der Waals surface area contributed by atoms with E-state index in [0.29, 0.717) is 5.25 Å². The average Bonchev–Trinajstić information content (AvgIpc) is 2.25. The fourth-order valence-corrected chi connectivity index (χ4v) is 2.45. The minimum Gasteiger partial charge on any atom is -0.316 e. The van der Waals surface area contributed by atoms with Gasteiger partial charge in [0.1, 0.15) is 0 Å². The Kier molecular flexibility index (Phi) is 6.58. The first-order valence-corrected chi connectivity index (χ1v) is 6.99. The molecular formula is C14H23NS. The van der Waals surface area contributed by atoms with E-state index >= 15 is 0 Å². The van der Waals surface area contributed by atoms with E-state index in [1.807, 2.05) is 11.8 Å².